The van der Waals surface area contributed by atoms with Crippen molar-refractivity contribution in [3.63, 3.8) is 0 Å². The number of benzene rings is 1. The second kappa shape index (κ2) is 10.4. The molecular formula is C28H31N7O2. The predicted molar refractivity (Wildman–Crippen MR) is 142 cm³/mol. The third-order valence-electron chi connectivity index (χ3n) is 7.28. The highest BCUT2D eigenvalue weighted by Gasteiger charge is 2.19. The fourth-order valence-electron chi connectivity index (χ4n) is 5.04. The quantitative estimate of drug-likeness (QED) is 0.359. The topological polar surface area (TPSA) is 110 Å². The summed E-state index contributed by atoms with van der Waals surface area (Å²) >= 11 is 0. The smallest absolute Gasteiger partial charge is 0.276 e. The number of piperidine rings is 1. The van der Waals surface area contributed by atoms with Gasteiger partial charge in [-0.3, -0.25) is 29.7 Å². The maximum atomic E-state index is 13.2. The monoisotopic (exact) mass is 497 g/mol. The van der Waals surface area contributed by atoms with E-state index < -0.39 is 0 Å². The van der Waals surface area contributed by atoms with Crippen molar-refractivity contribution in [3.8, 4) is 11.1 Å². The van der Waals surface area contributed by atoms with Crippen LogP contribution >= 0.6 is 0 Å². The molecule has 0 spiro atoms. The van der Waals surface area contributed by atoms with Crippen molar-refractivity contribution >= 4 is 22.5 Å². The van der Waals surface area contributed by atoms with Gasteiger partial charge in [-0.05, 0) is 73.8 Å². The van der Waals surface area contributed by atoms with Crippen LogP contribution < -0.4 is 5.32 Å². The molecule has 5 heterocycles. The number of aliphatic hydroxyl groups excluding tert-OH is 1. The number of rotatable bonds is 7. The number of likely N-dealkylation sites (tertiary alicyclic amines) is 2. The first kappa shape index (κ1) is 23.7. The molecule has 0 atom stereocenters. The highest BCUT2D eigenvalue weighted by atomic mass is 16.3. The first-order valence-electron chi connectivity index (χ1n) is 12.9. The van der Waals surface area contributed by atoms with E-state index in [0.29, 0.717) is 11.4 Å². The van der Waals surface area contributed by atoms with Crippen LogP contribution in [-0.4, -0.2) is 73.3 Å². The summed E-state index contributed by atoms with van der Waals surface area (Å²) in [6.07, 6.45) is 8.16. The number of pyridine rings is 2. The molecule has 190 valence electrons. The molecule has 2 aliphatic rings. The van der Waals surface area contributed by atoms with Crippen LogP contribution in [0, 0.1) is 0 Å². The minimum atomic E-state index is -0.260. The molecule has 0 saturated carbocycles. The van der Waals surface area contributed by atoms with Gasteiger partial charge in [-0.15, -0.1) is 0 Å². The molecule has 3 N–H and O–H groups in total. The van der Waals surface area contributed by atoms with Gasteiger partial charge in [0, 0.05) is 61.4 Å². The number of anilines is 1. The van der Waals surface area contributed by atoms with E-state index in [9.17, 15) is 9.90 Å². The fourth-order valence-corrected chi connectivity index (χ4v) is 5.04. The molecule has 0 bridgehead atoms. The number of nitrogens with zero attached hydrogens (tertiary/aromatic N) is 5. The zero-order valence-corrected chi connectivity index (χ0v) is 20.7. The number of carbonyl (C=O) groups is 1. The Morgan fingerprint density at radius 2 is 1.84 bits per heavy atom. The van der Waals surface area contributed by atoms with Crippen molar-refractivity contribution in [2.24, 2.45) is 0 Å². The molecule has 9 heteroatoms. The minimum Gasteiger partial charge on any atom is -0.393 e. The van der Waals surface area contributed by atoms with Crippen LogP contribution in [0.1, 0.15) is 41.0 Å². The molecule has 2 saturated heterocycles. The maximum Gasteiger partial charge on any atom is 0.276 e. The minimum absolute atomic E-state index is 0.181. The van der Waals surface area contributed by atoms with Crippen molar-refractivity contribution in [1.29, 1.82) is 0 Å². The Morgan fingerprint density at radius 3 is 2.65 bits per heavy atom. The number of amides is 1. The van der Waals surface area contributed by atoms with Crippen LogP contribution in [0.2, 0.25) is 0 Å². The number of carbonyl (C=O) groups excluding carboxylic acids is 1. The van der Waals surface area contributed by atoms with Crippen molar-refractivity contribution in [3.05, 3.63) is 71.9 Å². The summed E-state index contributed by atoms with van der Waals surface area (Å²) < 4.78 is 0. The molecule has 0 radical (unpaired) electrons. The molecule has 6 rings (SSSR count). The van der Waals surface area contributed by atoms with Gasteiger partial charge in [-0.2, -0.15) is 5.10 Å². The lowest BCUT2D eigenvalue weighted by Gasteiger charge is -2.30. The van der Waals surface area contributed by atoms with Crippen LogP contribution in [0.15, 0.2) is 55.0 Å². The second-order valence-electron chi connectivity index (χ2n) is 10.0. The van der Waals surface area contributed by atoms with Crippen molar-refractivity contribution in [2.75, 3.05) is 31.5 Å². The molecule has 2 aliphatic heterocycles. The number of aromatic amines is 1. The summed E-state index contributed by atoms with van der Waals surface area (Å²) in [4.78, 5) is 26.8. The van der Waals surface area contributed by atoms with Crippen molar-refractivity contribution in [2.45, 2.75) is 38.5 Å². The molecule has 2 fully saturated rings. The summed E-state index contributed by atoms with van der Waals surface area (Å²) in [5.41, 5.74) is 5.92. The van der Waals surface area contributed by atoms with Gasteiger partial charge in [0.25, 0.3) is 5.91 Å². The van der Waals surface area contributed by atoms with Crippen LogP contribution in [0.5, 0.6) is 0 Å². The molecule has 37 heavy (non-hydrogen) atoms. The first-order chi connectivity index (χ1) is 18.1. The average Bonchev–Trinajstić information content (AvgIpc) is 3.32. The van der Waals surface area contributed by atoms with Crippen molar-refractivity contribution in [1.82, 2.24) is 30.0 Å². The van der Waals surface area contributed by atoms with Gasteiger partial charge in [-0.1, -0.05) is 6.07 Å². The van der Waals surface area contributed by atoms with Crippen LogP contribution in [-0.2, 0) is 13.1 Å². The van der Waals surface area contributed by atoms with E-state index in [1.165, 1.54) is 6.42 Å². The SMILES string of the molecule is O=C(Nc1ccnc(CN2CCC2)c1)c1n[nH]c2ccc(-c3cncc(CN4CCC(O)CC4)c3)cc12. The zero-order chi connectivity index (χ0) is 25.2. The lowest BCUT2D eigenvalue weighted by molar-refractivity contribution is 0.0792. The van der Waals surface area contributed by atoms with E-state index in [1.54, 1.807) is 12.3 Å². The van der Waals surface area contributed by atoms with Gasteiger partial charge < -0.3 is 10.4 Å². The van der Waals surface area contributed by atoms with E-state index >= 15 is 0 Å². The fraction of sp³-hybridized carbons (Fsp3) is 0.357. The van der Waals surface area contributed by atoms with E-state index in [2.05, 4.69) is 41.3 Å². The van der Waals surface area contributed by atoms with E-state index in [4.69, 9.17) is 0 Å². The van der Waals surface area contributed by atoms with E-state index in [-0.39, 0.29) is 12.0 Å². The Hall–Kier alpha value is -3.66. The van der Waals surface area contributed by atoms with Gasteiger partial charge in [0.05, 0.1) is 17.3 Å². The number of aliphatic hydroxyl groups is 1. The largest absolute Gasteiger partial charge is 0.393 e. The molecule has 1 amide bonds. The summed E-state index contributed by atoms with van der Waals surface area (Å²) in [6.45, 7) is 5.58. The Morgan fingerprint density at radius 1 is 1.00 bits per heavy atom. The number of fused-ring (bicyclic) bond motifs is 1. The molecular weight excluding hydrogens is 466 g/mol. The van der Waals surface area contributed by atoms with Gasteiger partial charge in [-0.25, -0.2) is 0 Å². The highest BCUT2D eigenvalue weighted by Crippen LogP contribution is 2.27. The summed E-state index contributed by atoms with van der Waals surface area (Å²) in [6, 6.07) is 11.8. The third-order valence-corrected chi connectivity index (χ3v) is 7.28. The molecule has 9 nitrogen and oxygen atoms in total. The second-order valence-corrected chi connectivity index (χ2v) is 10.0. The van der Waals surface area contributed by atoms with Gasteiger partial charge in [0.1, 0.15) is 0 Å². The standard InChI is InChI=1S/C28H31N7O2/c36-24-5-10-35(11-6-24)17-19-12-21(16-29-15-19)20-2-3-26-25(13-20)27(33-32-26)28(37)31-22-4-7-30-23(14-22)18-34-8-1-9-34/h2-4,7,12-16,24,36H,1,5-6,8-11,17-18H2,(H,32,33)(H,30,31,37). The number of hydrogen-bond acceptors (Lipinski definition) is 7. The molecule has 4 aromatic rings. The third kappa shape index (κ3) is 5.39. The molecule has 1 aromatic carbocycles. The zero-order valence-electron chi connectivity index (χ0n) is 20.7. The van der Waals surface area contributed by atoms with Gasteiger partial charge in [0.15, 0.2) is 5.69 Å². The average molecular weight is 498 g/mol. The summed E-state index contributed by atoms with van der Waals surface area (Å²) in [7, 11) is 0. The van der Waals surface area contributed by atoms with E-state index in [1.807, 2.05) is 36.7 Å². The number of nitrogens with one attached hydrogen (secondary N) is 2. The Kier molecular flexibility index (Phi) is 6.65. The van der Waals surface area contributed by atoms with Crippen LogP contribution in [0.25, 0.3) is 22.0 Å². The molecule has 0 aliphatic carbocycles. The summed E-state index contributed by atoms with van der Waals surface area (Å²) in [5, 5.41) is 20.8. The van der Waals surface area contributed by atoms with Gasteiger partial charge in [0.2, 0.25) is 0 Å². The van der Waals surface area contributed by atoms with Crippen molar-refractivity contribution < 1.29 is 9.90 Å². The normalized spacial score (nSPS) is 17.1. The van der Waals surface area contributed by atoms with Gasteiger partial charge >= 0.3 is 0 Å². The summed E-state index contributed by atoms with van der Waals surface area (Å²) in [5.74, 6) is -0.260. The lowest BCUT2D eigenvalue weighted by Crippen LogP contribution is -2.36. The highest BCUT2D eigenvalue weighted by molar-refractivity contribution is 6.11. The first-order valence-corrected chi connectivity index (χ1v) is 12.9. The Bertz CT molecular complexity index is 1410. The van der Waals surface area contributed by atoms with E-state index in [0.717, 1.165) is 85.4 Å². The Balaban J connectivity index is 1.20. The molecule has 0 unspecified atom stereocenters. The van der Waals surface area contributed by atoms with Crippen LogP contribution in [0.4, 0.5) is 5.69 Å². The Labute approximate surface area is 215 Å². The number of aromatic nitrogens is 4. The molecule has 3 aromatic heterocycles. The number of H-pyrrole nitrogens is 1. The maximum absolute atomic E-state index is 13.2. The predicted octanol–water partition coefficient (Wildman–Crippen LogP) is 3.43. The lowest BCUT2D eigenvalue weighted by atomic mass is 10.0. The number of hydrogen-bond donors (Lipinski definition) is 3. The van der Waals surface area contributed by atoms with Crippen LogP contribution in [0.3, 0.4) is 0 Å².